The van der Waals surface area contributed by atoms with Gasteiger partial charge in [-0.2, -0.15) is 10.2 Å². The number of nitrogens with zero attached hydrogens (tertiary/aromatic N) is 6. The number of piperidine rings is 1. The van der Waals surface area contributed by atoms with Crippen LogP contribution in [-0.2, 0) is 16.3 Å². The highest BCUT2D eigenvalue weighted by atomic mass is 28.3. The molecule has 11 nitrogen and oxygen atoms in total. The van der Waals surface area contributed by atoms with Crippen LogP contribution in [0.1, 0.15) is 36.2 Å². The highest BCUT2D eigenvalue weighted by molar-refractivity contribution is 6.76. The third-order valence-electron chi connectivity index (χ3n) is 8.62. The lowest BCUT2D eigenvalue weighted by atomic mass is 9.88. The van der Waals surface area contributed by atoms with Crippen molar-refractivity contribution in [3.8, 4) is 17.1 Å². The predicted molar refractivity (Wildman–Crippen MR) is 166 cm³/mol. The minimum Gasteiger partial charge on any atom is -0.481 e. The first-order valence-corrected chi connectivity index (χ1v) is 18.8. The molecule has 6 rings (SSSR count). The Labute approximate surface area is 260 Å². The van der Waals surface area contributed by atoms with Gasteiger partial charge in [-0.25, -0.2) is 23.0 Å². The number of methoxy groups -OCH3 is 1. The summed E-state index contributed by atoms with van der Waals surface area (Å²) in [6, 6.07) is 8.61. The maximum absolute atomic E-state index is 15.0. The number of halogens is 2. The van der Waals surface area contributed by atoms with Crippen molar-refractivity contribution in [2.24, 2.45) is 5.92 Å². The fourth-order valence-corrected chi connectivity index (χ4v) is 6.64. The van der Waals surface area contributed by atoms with Crippen LogP contribution in [0.25, 0.3) is 16.8 Å². The Morgan fingerprint density at radius 1 is 1.13 bits per heavy atom. The largest absolute Gasteiger partial charge is 0.481 e. The van der Waals surface area contributed by atoms with Gasteiger partial charge in [0.15, 0.2) is 23.1 Å². The first-order chi connectivity index (χ1) is 21.5. The van der Waals surface area contributed by atoms with E-state index in [2.05, 4.69) is 40.1 Å². The smallest absolute Gasteiger partial charge is 0.274 e. The second kappa shape index (κ2) is 12.0. The Bertz CT molecular complexity index is 1750. The van der Waals surface area contributed by atoms with Crippen LogP contribution in [0.3, 0.4) is 0 Å². The first-order valence-electron chi connectivity index (χ1n) is 15.1. The monoisotopic (exact) mass is 637 g/mol. The lowest BCUT2D eigenvalue weighted by Crippen LogP contribution is -2.50. The molecule has 45 heavy (non-hydrogen) atoms. The zero-order valence-electron chi connectivity index (χ0n) is 25.8. The minimum atomic E-state index is -1.34. The van der Waals surface area contributed by atoms with Gasteiger partial charge in [0.2, 0.25) is 11.8 Å². The molecule has 1 saturated carbocycles. The van der Waals surface area contributed by atoms with Gasteiger partial charge in [-0.1, -0.05) is 19.6 Å². The van der Waals surface area contributed by atoms with Gasteiger partial charge < -0.3 is 19.7 Å². The fraction of sp³-hybridized carbons (Fsp3) is 0.452. The molecule has 1 unspecified atom stereocenters. The van der Waals surface area contributed by atoms with E-state index in [9.17, 15) is 14.0 Å². The molecule has 1 aliphatic carbocycles. The van der Waals surface area contributed by atoms with Crippen molar-refractivity contribution in [1.82, 2.24) is 29.3 Å². The lowest BCUT2D eigenvalue weighted by molar-refractivity contribution is -0.122. The predicted octanol–water partition coefficient (Wildman–Crippen LogP) is 5.22. The molecular formula is C31H37F2N7O4Si. The number of nitrogens with one attached hydrogen (secondary N) is 1. The third kappa shape index (κ3) is 6.34. The molecule has 2 aliphatic rings. The van der Waals surface area contributed by atoms with E-state index in [1.807, 2.05) is 0 Å². The van der Waals surface area contributed by atoms with Crippen LogP contribution in [0.15, 0.2) is 42.7 Å². The Balaban J connectivity index is 1.21. The molecule has 14 heteroatoms. The van der Waals surface area contributed by atoms with Crippen molar-refractivity contribution in [3.63, 3.8) is 0 Å². The van der Waals surface area contributed by atoms with Gasteiger partial charge in [0.1, 0.15) is 6.73 Å². The van der Waals surface area contributed by atoms with E-state index in [0.29, 0.717) is 37.2 Å². The van der Waals surface area contributed by atoms with Gasteiger partial charge in [0, 0.05) is 44.3 Å². The van der Waals surface area contributed by atoms with E-state index in [0.717, 1.165) is 25.1 Å². The number of rotatable bonds is 10. The molecule has 2 amide bonds. The molecule has 4 aromatic heterocycles. The summed E-state index contributed by atoms with van der Waals surface area (Å²) < 4.78 is 43.7. The maximum atomic E-state index is 15.0. The third-order valence-corrected chi connectivity index (χ3v) is 10.3. The molecule has 1 atom stereocenters. The number of anilines is 1. The molecule has 2 fully saturated rings. The normalized spacial score (nSPS) is 17.6. The van der Waals surface area contributed by atoms with Crippen molar-refractivity contribution in [3.05, 3.63) is 60.1 Å². The number of likely N-dealkylation sites (tertiary alicyclic amines) is 1. The average Bonchev–Trinajstić information content (AvgIpc) is 3.39. The first kappa shape index (κ1) is 30.8. The number of hydrogen-bond donors (Lipinski definition) is 1. The summed E-state index contributed by atoms with van der Waals surface area (Å²) in [6.07, 6.45) is 4.96. The van der Waals surface area contributed by atoms with Gasteiger partial charge in [-0.3, -0.25) is 9.59 Å². The van der Waals surface area contributed by atoms with Crippen molar-refractivity contribution in [1.29, 1.82) is 0 Å². The van der Waals surface area contributed by atoms with Crippen LogP contribution in [0.5, 0.6) is 5.88 Å². The summed E-state index contributed by atoms with van der Waals surface area (Å²) in [5, 5.41) is 11.4. The van der Waals surface area contributed by atoms with Gasteiger partial charge in [-0.15, -0.1) is 0 Å². The van der Waals surface area contributed by atoms with Crippen molar-refractivity contribution in [2.75, 3.05) is 25.6 Å². The molecule has 4 aromatic rings. The summed E-state index contributed by atoms with van der Waals surface area (Å²) >= 11 is 0. The summed E-state index contributed by atoms with van der Waals surface area (Å²) in [6.45, 7) is 7.66. The SMILES string of the molecule is COc1cc(-c2cc(C(=O)N3CCC(C(=O)Nc4c(F)ccc5ccnn45)CC34CC4)nn2COCC[Si](C)(C)C)c(F)cn1. The van der Waals surface area contributed by atoms with E-state index in [-0.39, 0.29) is 41.5 Å². The van der Waals surface area contributed by atoms with Crippen molar-refractivity contribution < 1.29 is 27.8 Å². The number of pyridine rings is 2. The molecule has 238 valence electrons. The van der Waals surface area contributed by atoms with Crippen LogP contribution >= 0.6 is 0 Å². The second-order valence-corrected chi connectivity index (χ2v) is 18.6. The molecular weight excluding hydrogens is 600 g/mol. The van der Waals surface area contributed by atoms with Crippen LogP contribution in [-0.4, -0.2) is 75.0 Å². The Kier molecular flexibility index (Phi) is 8.20. The van der Waals surface area contributed by atoms with E-state index >= 15 is 4.39 Å². The highest BCUT2D eigenvalue weighted by Crippen LogP contribution is 2.50. The molecule has 1 N–H and O–H groups in total. The molecule has 0 bridgehead atoms. The Hall–Kier alpha value is -4.17. The second-order valence-electron chi connectivity index (χ2n) is 13.0. The van der Waals surface area contributed by atoms with E-state index < -0.39 is 31.2 Å². The number of hydrogen-bond acceptors (Lipinski definition) is 7. The summed E-state index contributed by atoms with van der Waals surface area (Å²) in [5.74, 6) is -1.93. The molecule has 1 saturated heterocycles. The van der Waals surface area contributed by atoms with Gasteiger partial charge >= 0.3 is 0 Å². The highest BCUT2D eigenvalue weighted by Gasteiger charge is 2.55. The minimum absolute atomic E-state index is 0.00374. The number of amides is 2. The lowest BCUT2D eigenvalue weighted by Gasteiger charge is -2.39. The molecule has 1 spiro atoms. The number of aromatic nitrogens is 5. The Morgan fingerprint density at radius 3 is 2.67 bits per heavy atom. The summed E-state index contributed by atoms with van der Waals surface area (Å²) in [7, 11) is 0.109. The van der Waals surface area contributed by atoms with Crippen molar-refractivity contribution in [2.45, 2.75) is 63.6 Å². The zero-order chi connectivity index (χ0) is 31.9. The summed E-state index contributed by atoms with van der Waals surface area (Å²) in [5.41, 5.74) is 0.902. The van der Waals surface area contributed by atoms with E-state index in [1.54, 1.807) is 29.3 Å². The Morgan fingerprint density at radius 2 is 1.93 bits per heavy atom. The maximum Gasteiger partial charge on any atom is 0.274 e. The van der Waals surface area contributed by atoms with Gasteiger partial charge in [0.05, 0.1) is 30.7 Å². The standard InChI is InChI=1S/C31H37F2N7O4Si/c1-43-27-15-22(24(33)18-34-27)26-16-25(37-39(26)19-44-13-14-45(2,3)4)30(42)38-12-8-20(17-31(38)9-10-31)29(41)36-28-23(32)6-5-21-7-11-35-40(21)28/h5-7,11,15-16,18,20H,8-10,12-14,17,19H2,1-4H3,(H,36,41). The van der Waals surface area contributed by atoms with Gasteiger partial charge in [0.25, 0.3) is 5.91 Å². The van der Waals surface area contributed by atoms with Gasteiger partial charge in [-0.05, 0) is 56.0 Å². The molecule has 5 heterocycles. The number of carbonyl (C=O) groups excluding carboxylic acids is 2. The topological polar surface area (TPSA) is 116 Å². The fourth-order valence-electron chi connectivity index (χ4n) is 5.88. The van der Waals surface area contributed by atoms with Crippen LogP contribution < -0.4 is 10.1 Å². The van der Waals surface area contributed by atoms with Crippen LogP contribution in [0.4, 0.5) is 14.6 Å². The van der Waals surface area contributed by atoms with Crippen LogP contribution in [0, 0.1) is 17.6 Å². The number of fused-ring (bicyclic) bond motifs is 1. The number of carbonyl (C=O) groups is 2. The molecule has 1 aliphatic heterocycles. The molecule has 0 aromatic carbocycles. The quantitative estimate of drug-likeness (QED) is 0.187. The molecule has 0 radical (unpaired) electrons. The zero-order valence-corrected chi connectivity index (χ0v) is 26.8. The summed E-state index contributed by atoms with van der Waals surface area (Å²) in [4.78, 5) is 33.0. The number of ether oxygens (including phenoxy) is 2. The van der Waals surface area contributed by atoms with E-state index in [1.165, 1.54) is 28.4 Å². The average molecular weight is 638 g/mol. The van der Waals surface area contributed by atoms with Crippen LogP contribution in [0.2, 0.25) is 25.7 Å². The van der Waals surface area contributed by atoms with Crippen molar-refractivity contribution >= 4 is 31.2 Å². The van der Waals surface area contributed by atoms with E-state index in [4.69, 9.17) is 9.47 Å².